The minimum absolute atomic E-state index is 0.0779. The van der Waals surface area contributed by atoms with Crippen molar-refractivity contribution in [3.63, 3.8) is 0 Å². The lowest BCUT2D eigenvalue weighted by atomic mass is 10.2. The van der Waals surface area contributed by atoms with E-state index in [2.05, 4.69) is 15.5 Å². The number of hydrogen-bond acceptors (Lipinski definition) is 7. The monoisotopic (exact) mass is 385 g/mol. The first-order valence-corrected chi connectivity index (χ1v) is 8.21. The van der Waals surface area contributed by atoms with Gasteiger partial charge in [0.25, 0.3) is 11.8 Å². The molecule has 1 N–H and O–H groups in total. The van der Waals surface area contributed by atoms with Gasteiger partial charge < -0.3 is 19.3 Å². The van der Waals surface area contributed by atoms with E-state index in [9.17, 15) is 14.0 Å². The van der Waals surface area contributed by atoms with Crippen LogP contribution in [-0.2, 0) is 16.1 Å². The van der Waals surface area contributed by atoms with Crippen molar-refractivity contribution in [1.82, 2.24) is 15.5 Å². The summed E-state index contributed by atoms with van der Waals surface area (Å²) in [6.45, 7) is -0.560. The Labute approximate surface area is 159 Å². The van der Waals surface area contributed by atoms with Crippen molar-refractivity contribution in [2.24, 2.45) is 0 Å². The van der Waals surface area contributed by atoms with Crippen molar-refractivity contribution < 1.29 is 28.0 Å². The van der Waals surface area contributed by atoms with Crippen LogP contribution in [0, 0.1) is 5.82 Å². The second kappa shape index (κ2) is 8.76. The molecule has 3 aromatic rings. The first kappa shape index (κ1) is 19.0. The Kier molecular flexibility index (Phi) is 5.95. The Morgan fingerprint density at radius 3 is 2.50 bits per heavy atom. The number of aromatic nitrogens is 2. The molecule has 9 heteroatoms. The fourth-order valence-electron chi connectivity index (χ4n) is 2.22. The van der Waals surface area contributed by atoms with Crippen molar-refractivity contribution in [3.8, 4) is 17.1 Å². The molecule has 144 valence electrons. The summed E-state index contributed by atoms with van der Waals surface area (Å²) in [7, 11) is 1.52. The van der Waals surface area contributed by atoms with Crippen LogP contribution in [0.25, 0.3) is 11.4 Å². The molecule has 0 aliphatic heterocycles. The molecule has 1 heterocycles. The van der Waals surface area contributed by atoms with Gasteiger partial charge in [-0.2, -0.15) is 4.98 Å². The average Bonchev–Trinajstić information content (AvgIpc) is 3.20. The molecular weight excluding hydrogens is 369 g/mol. The largest absolute Gasteiger partial charge is 0.497 e. The molecule has 8 nitrogen and oxygen atoms in total. The second-order valence-corrected chi connectivity index (χ2v) is 5.59. The Hall–Kier alpha value is -3.75. The maximum absolute atomic E-state index is 12.9. The zero-order valence-electron chi connectivity index (χ0n) is 14.8. The van der Waals surface area contributed by atoms with E-state index in [0.717, 1.165) is 0 Å². The van der Waals surface area contributed by atoms with E-state index in [-0.39, 0.29) is 30.7 Å². The summed E-state index contributed by atoms with van der Waals surface area (Å²) < 4.78 is 27.9. The molecule has 0 bridgehead atoms. The Bertz CT molecular complexity index is 954. The van der Waals surface area contributed by atoms with Crippen LogP contribution in [0.5, 0.6) is 5.75 Å². The van der Waals surface area contributed by atoms with E-state index >= 15 is 0 Å². The van der Waals surface area contributed by atoms with E-state index in [4.69, 9.17) is 14.0 Å². The number of hydrogen-bond donors (Lipinski definition) is 1. The van der Waals surface area contributed by atoms with E-state index < -0.39 is 11.9 Å². The topological polar surface area (TPSA) is 104 Å². The number of carbonyl (C=O) groups is 2. The van der Waals surface area contributed by atoms with Crippen LogP contribution >= 0.6 is 0 Å². The molecule has 0 radical (unpaired) electrons. The highest BCUT2D eigenvalue weighted by Crippen LogP contribution is 2.16. The molecule has 0 aliphatic rings. The quantitative estimate of drug-likeness (QED) is 0.623. The van der Waals surface area contributed by atoms with Gasteiger partial charge in [0.05, 0.1) is 7.11 Å². The molecule has 28 heavy (non-hydrogen) atoms. The minimum atomic E-state index is -0.664. The fraction of sp³-hybridized carbons (Fsp3) is 0.158. The van der Waals surface area contributed by atoms with Crippen LogP contribution in [0.4, 0.5) is 4.39 Å². The van der Waals surface area contributed by atoms with Crippen LogP contribution in [-0.4, -0.2) is 35.7 Å². The number of ether oxygens (including phenoxy) is 2. The van der Waals surface area contributed by atoms with Crippen LogP contribution in [0.15, 0.2) is 53.1 Å². The second-order valence-electron chi connectivity index (χ2n) is 5.59. The molecule has 0 unspecified atom stereocenters. The molecule has 1 aromatic heterocycles. The van der Waals surface area contributed by atoms with Gasteiger partial charge in [0.15, 0.2) is 6.61 Å². The molecule has 0 saturated heterocycles. The summed E-state index contributed by atoms with van der Waals surface area (Å²) in [5, 5.41) is 6.19. The highest BCUT2D eigenvalue weighted by molar-refractivity contribution is 5.96. The van der Waals surface area contributed by atoms with Crippen LogP contribution in [0.1, 0.15) is 16.2 Å². The van der Waals surface area contributed by atoms with Gasteiger partial charge in [-0.05, 0) is 48.5 Å². The van der Waals surface area contributed by atoms with Gasteiger partial charge >= 0.3 is 5.97 Å². The number of nitrogens with one attached hydrogen (secondary N) is 1. The van der Waals surface area contributed by atoms with Crippen LogP contribution in [0.2, 0.25) is 0 Å². The predicted molar refractivity (Wildman–Crippen MR) is 94.8 cm³/mol. The summed E-state index contributed by atoms with van der Waals surface area (Å²) in [6.07, 6.45) is 0. The highest BCUT2D eigenvalue weighted by atomic mass is 19.1. The number of benzene rings is 2. The van der Waals surface area contributed by atoms with Crippen LogP contribution < -0.4 is 10.1 Å². The smallest absolute Gasteiger partial charge is 0.325 e. The predicted octanol–water partition coefficient (Wildman–Crippen LogP) is 2.36. The molecule has 0 aliphatic carbocycles. The zero-order valence-corrected chi connectivity index (χ0v) is 14.8. The van der Waals surface area contributed by atoms with Crippen LogP contribution in [0.3, 0.4) is 0 Å². The summed E-state index contributed by atoms with van der Waals surface area (Å²) in [5.74, 6) is -0.513. The molecule has 0 atom stereocenters. The lowest BCUT2D eigenvalue weighted by Gasteiger charge is -2.06. The number of halogens is 1. The number of amides is 1. The SMILES string of the molecule is COc1ccc(C(=O)NCC(=O)OCc2nc(-c3ccc(F)cc3)no2)cc1. The Morgan fingerprint density at radius 2 is 1.82 bits per heavy atom. The number of carbonyl (C=O) groups excluding carboxylic acids is 2. The summed E-state index contributed by atoms with van der Waals surface area (Å²) in [6, 6.07) is 12.0. The third-order valence-electron chi connectivity index (χ3n) is 3.67. The Morgan fingerprint density at radius 1 is 1.11 bits per heavy atom. The summed E-state index contributed by atoms with van der Waals surface area (Å²) >= 11 is 0. The molecular formula is C19H16FN3O5. The molecule has 0 spiro atoms. The van der Waals surface area contributed by atoms with E-state index in [1.165, 1.54) is 31.4 Å². The normalized spacial score (nSPS) is 10.4. The number of esters is 1. The number of nitrogens with zero attached hydrogens (tertiary/aromatic N) is 2. The van der Waals surface area contributed by atoms with Gasteiger partial charge in [-0.3, -0.25) is 9.59 Å². The van der Waals surface area contributed by atoms with Crippen molar-refractivity contribution in [2.45, 2.75) is 6.61 Å². The average molecular weight is 385 g/mol. The number of methoxy groups -OCH3 is 1. The number of rotatable bonds is 7. The lowest BCUT2D eigenvalue weighted by Crippen LogP contribution is -2.30. The van der Waals surface area contributed by atoms with Crippen molar-refractivity contribution in [1.29, 1.82) is 0 Å². The minimum Gasteiger partial charge on any atom is -0.497 e. The third kappa shape index (κ3) is 4.91. The zero-order chi connectivity index (χ0) is 19.9. The Balaban J connectivity index is 1.46. The highest BCUT2D eigenvalue weighted by Gasteiger charge is 2.13. The fourth-order valence-corrected chi connectivity index (χ4v) is 2.22. The molecule has 0 fully saturated rings. The van der Waals surface area contributed by atoms with E-state index in [1.54, 1.807) is 24.3 Å². The standard InChI is InChI=1S/C19H16FN3O5/c1-26-15-8-4-13(5-9-15)19(25)21-10-17(24)27-11-16-22-18(23-28-16)12-2-6-14(20)7-3-12/h2-9H,10-11H2,1H3,(H,21,25). The third-order valence-corrected chi connectivity index (χ3v) is 3.67. The lowest BCUT2D eigenvalue weighted by molar-refractivity contribution is -0.144. The maximum atomic E-state index is 12.9. The first-order valence-electron chi connectivity index (χ1n) is 8.21. The van der Waals surface area contributed by atoms with Crippen molar-refractivity contribution >= 4 is 11.9 Å². The summed E-state index contributed by atoms with van der Waals surface area (Å²) in [5.41, 5.74) is 0.948. The first-order chi connectivity index (χ1) is 13.5. The van der Waals surface area contributed by atoms with Gasteiger partial charge in [0.1, 0.15) is 18.1 Å². The maximum Gasteiger partial charge on any atom is 0.325 e. The van der Waals surface area contributed by atoms with Crippen molar-refractivity contribution in [3.05, 3.63) is 65.8 Å². The van der Waals surface area contributed by atoms with Gasteiger partial charge in [-0.15, -0.1) is 0 Å². The summed E-state index contributed by atoms with van der Waals surface area (Å²) in [4.78, 5) is 27.8. The van der Waals surface area contributed by atoms with Gasteiger partial charge in [0, 0.05) is 11.1 Å². The van der Waals surface area contributed by atoms with Crippen molar-refractivity contribution in [2.75, 3.05) is 13.7 Å². The van der Waals surface area contributed by atoms with E-state index in [1.807, 2.05) is 0 Å². The van der Waals surface area contributed by atoms with E-state index in [0.29, 0.717) is 16.9 Å². The molecule has 0 saturated carbocycles. The molecule has 3 rings (SSSR count). The molecule has 1 amide bonds. The molecule has 2 aromatic carbocycles. The van der Waals surface area contributed by atoms with Gasteiger partial charge in [-0.25, -0.2) is 4.39 Å². The van der Waals surface area contributed by atoms with Gasteiger partial charge in [-0.1, -0.05) is 5.16 Å². The van der Waals surface area contributed by atoms with Gasteiger partial charge in [0.2, 0.25) is 5.82 Å².